The number of hydrogen-bond acceptors (Lipinski definition) is 4. The van der Waals surface area contributed by atoms with Gasteiger partial charge in [0.25, 0.3) is 0 Å². The maximum Gasteiger partial charge on any atom is 0.451 e. The second kappa shape index (κ2) is 5.36. The molecule has 0 bridgehead atoms. The number of ether oxygens (including phenoxy) is 1. The summed E-state index contributed by atoms with van der Waals surface area (Å²) in [4.78, 5) is 6.73. The molecule has 20 heavy (non-hydrogen) atoms. The molecule has 0 aliphatic heterocycles. The van der Waals surface area contributed by atoms with Crippen molar-refractivity contribution in [2.45, 2.75) is 13.1 Å². The predicted molar refractivity (Wildman–Crippen MR) is 67.8 cm³/mol. The van der Waals surface area contributed by atoms with Crippen LogP contribution in [0, 0.1) is 6.92 Å². The van der Waals surface area contributed by atoms with Gasteiger partial charge in [-0.05, 0) is 24.6 Å². The molecule has 0 spiro atoms. The Bertz CT molecular complexity index is 614. The molecule has 2 rings (SSSR count). The molecule has 0 amide bonds. The van der Waals surface area contributed by atoms with Gasteiger partial charge in [0.1, 0.15) is 11.6 Å². The van der Waals surface area contributed by atoms with Crippen molar-refractivity contribution < 1.29 is 17.9 Å². The van der Waals surface area contributed by atoms with Gasteiger partial charge in [0, 0.05) is 13.1 Å². The van der Waals surface area contributed by atoms with E-state index in [0.717, 1.165) is 5.56 Å². The summed E-state index contributed by atoms with van der Waals surface area (Å²) in [5.41, 5.74) is 0.932. The molecule has 0 saturated carbocycles. The normalized spacial score (nSPS) is 11.2. The summed E-state index contributed by atoms with van der Waals surface area (Å²) in [6.45, 7) is 1.85. The molecular weight excluding hydrogens is 271 g/mol. The van der Waals surface area contributed by atoms with Crippen LogP contribution in [0.1, 0.15) is 11.4 Å². The van der Waals surface area contributed by atoms with E-state index in [-0.39, 0.29) is 11.7 Å². The van der Waals surface area contributed by atoms with Crippen molar-refractivity contribution in [2.24, 2.45) is 0 Å². The number of benzene rings is 1. The molecule has 0 unspecified atom stereocenters. The molecular formula is C13H12F3N3O. The first-order chi connectivity index (χ1) is 9.38. The van der Waals surface area contributed by atoms with Crippen molar-refractivity contribution in [2.75, 3.05) is 12.4 Å². The minimum Gasteiger partial charge on any atom is -0.439 e. The summed E-state index contributed by atoms with van der Waals surface area (Å²) >= 11 is 0. The smallest absolute Gasteiger partial charge is 0.439 e. The van der Waals surface area contributed by atoms with E-state index in [0.29, 0.717) is 5.75 Å². The van der Waals surface area contributed by atoms with Gasteiger partial charge in [0.2, 0.25) is 11.7 Å². The van der Waals surface area contributed by atoms with Gasteiger partial charge in [-0.15, -0.1) is 0 Å². The maximum atomic E-state index is 12.7. The van der Waals surface area contributed by atoms with E-state index in [1.54, 1.807) is 18.2 Å². The lowest BCUT2D eigenvalue weighted by atomic mass is 10.2. The fourth-order valence-corrected chi connectivity index (χ4v) is 1.53. The monoisotopic (exact) mass is 283 g/mol. The van der Waals surface area contributed by atoms with Crippen molar-refractivity contribution in [1.29, 1.82) is 0 Å². The van der Waals surface area contributed by atoms with Crippen LogP contribution in [0.2, 0.25) is 0 Å². The molecule has 0 saturated heterocycles. The van der Waals surface area contributed by atoms with E-state index in [1.165, 1.54) is 13.1 Å². The summed E-state index contributed by atoms with van der Waals surface area (Å²) in [5, 5.41) is 2.55. The third kappa shape index (κ3) is 3.37. The van der Waals surface area contributed by atoms with Crippen LogP contribution in [0.5, 0.6) is 11.6 Å². The molecule has 1 heterocycles. The van der Waals surface area contributed by atoms with Crippen LogP contribution in [0.25, 0.3) is 0 Å². The van der Waals surface area contributed by atoms with Gasteiger partial charge in [0.15, 0.2) is 0 Å². The summed E-state index contributed by atoms with van der Waals surface area (Å²) in [5.74, 6) is -0.955. The average molecular weight is 283 g/mol. The molecule has 1 aromatic heterocycles. The standard InChI is InChI=1S/C13H12F3N3O/c1-8-4-3-5-9(6-8)20-11-7-10(17-2)18-12(19-11)13(14,15)16/h3-7H,1-2H3,(H,17,18,19). The third-order valence-electron chi connectivity index (χ3n) is 2.42. The summed E-state index contributed by atoms with van der Waals surface area (Å²) < 4.78 is 43.4. The first kappa shape index (κ1) is 14.1. The fourth-order valence-electron chi connectivity index (χ4n) is 1.53. The van der Waals surface area contributed by atoms with E-state index < -0.39 is 12.0 Å². The second-order valence-corrected chi connectivity index (χ2v) is 4.08. The van der Waals surface area contributed by atoms with Crippen LogP contribution in [0.4, 0.5) is 19.0 Å². The molecule has 4 nitrogen and oxygen atoms in total. The highest BCUT2D eigenvalue weighted by Gasteiger charge is 2.35. The number of aryl methyl sites for hydroxylation is 1. The zero-order valence-electron chi connectivity index (χ0n) is 10.8. The Hall–Kier alpha value is -2.31. The van der Waals surface area contributed by atoms with E-state index in [9.17, 15) is 13.2 Å². The van der Waals surface area contributed by atoms with Crippen molar-refractivity contribution >= 4 is 5.82 Å². The Morgan fingerprint density at radius 3 is 2.50 bits per heavy atom. The zero-order valence-corrected chi connectivity index (χ0v) is 10.8. The van der Waals surface area contributed by atoms with Gasteiger partial charge >= 0.3 is 6.18 Å². The molecule has 0 fully saturated rings. The Morgan fingerprint density at radius 2 is 1.90 bits per heavy atom. The molecule has 106 valence electrons. The van der Waals surface area contributed by atoms with E-state index in [1.807, 2.05) is 13.0 Å². The Kier molecular flexibility index (Phi) is 3.78. The van der Waals surface area contributed by atoms with E-state index >= 15 is 0 Å². The Labute approximate surface area is 113 Å². The van der Waals surface area contributed by atoms with Gasteiger partial charge in [0.05, 0.1) is 0 Å². The van der Waals surface area contributed by atoms with Crippen LogP contribution < -0.4 is 10.1 Å². The van der Waals surface area contributed by atoms with Crippen molar-refractivity contribution in [1.82, 2.24) is 9.97 Å². The number of nitrogens with one attached hydrogen (secondary N) is 1. The largest absolute Gasteiger partial charge is 0.451 e. The number of nitrogens with zero attached hydrogens (tertiary/aromatic N) is 2. The van der Waals surface area contributed by atoms with Gasteiger partial charge in [-0.25, -0.2) is 4.98 Å². The number of alkyl halides is 3. The topological polar surface area (TPSA) is 47.0 Å². The Balaban J connectivity index is 2.36. The van der Waals surface area contributed by atoms with Crippen LogP contribution in [-0.2, 0) is 6.18 Å². The van der Waals surface area contributed by atoms with Crippen molar-refractivity contribution in [3.63, 3.8) is 0 Å². The van der Waals surface area contributed by atoms with Crippen LogP contribution in [0.15, 0.2) is 30.3 Å². The van der Waals surface area contributed by atoms with Gasteiger partial charge in [-0.3, -0.25) is 0 Å². The first-order valence-electron chi connectivity index (χ1n) is 5.77. The molecule has 0 radical (unpaired) electrons. The number of anilines is 1. The van der Waals surface area contributed by atoms with Crippen LogP contribution in [0.3, 0.4) is 0 Å². The van der Waals surface area contributed by atoms with Crippen LogP contribution in [-0.4, -0.2) is 17.0 Å². The van der Waals surface area contributed by atoms with E-state index in [2.05, 4.69) is 15.3 Å². The summed E-state index contributed by atoms with van der Waals surface area (Å²) in [7, 11) is 1.47. The quantitative estimate of drug-likeness (QED) is 0.934. The summed E-state index contributed by atoms with van der Waals surface area (Å²) in [6, 6.07) is 8.25. The van der Waals surface area contributed by atoms with Crippen LogP contribution >= 0.6 is 0 Å². The number of aromatic nitrogens is 2. The zero-order chi connectivity index (χ0) is 14.8. The minimum absolute atomic E-state index is 0.0370. The maximum absolute atomic E-state index is 12.7. The minimum atomic E-state index is -4.63. The molecule has 1 N–H and O–H groups in total. The SMILES string of the molecule is CNc1cc(Oc2cccc(C)c2)nc(C(F)(F)F)n1. The number of hydrogen-bond donors (Lipinski definition) is 1. The molecule has 1 aromatic carbocycles. The van der Waals surface area contributed by atoms with Gasteiger partial charge < -0.3 is 10.1 Å². The summed E-state index contributed by atoms with van der Waals surface area (Å²) in [6.07, 6.45) is -4.63. The molecule has 2 aromatic rings. The molecule has 7 heteroatoms. The lowest BCUT2D eigenvalue weighted by Crippen LogP contribution is -2.12. The molecule has 0 aliphatic carbocycles. The lowest BCUT2D eigenvalue weighted by molar-refractivity contribution is -0.145. The predicted octanol–water partition coefficient (Wildman–Crippen LogP) is 3.64. The third-order valence-corrected chi connectivity index (χ3v) is 2.42. The Morgan fingerprint density at radius 1 is 1.15 bits per heavy atom. The van der Waals surface area contributed by atoms with Crippen molar-refractivity contribution in [3.8, 4) is 11.6 Å². The molecule has 0 atom stereocenters. The highest BCUT2D eigenvalue weighted by molar-refractivity contribution is 5.40. The second-order valence-electron chi connectivity index (χ2n) is 4.08. The van der Waals surface area contributed by atoms with Crippen molar-refractivity contribution in [3.05, 3.63) is 41.7 Å². The average Bonchev–Trinajstić information content (AvgIpc) is 2.37. The first-order valence-corrected chi connectivity index (χ1v) is 5.77. The van der Waals surface area contributed by atoms with Gasteiger partial charge in [-0.1, -0.05) is 12.1 Å². The number of rotatable bonds is 3. The fraction of sp³-hybridized carbons (Fsp3) is 0.231. The highest BCUT2D eigenvalue weighted by atomic mass is 19.4. The van der Waals surface area contributed by atoms with Gasteiger partial charge in [-0.2, -0.15) is 18.2 Å². The lowest BCUT2D eigenvalue weighted by Gasteiger charge is -2.11. The number of halogens is 3. The van der Waals surface area contributed by atoms with E-state index in [4.69, 9.17) is 4.74 Å². The highest BCUT2D eigenvalue weighted by Crippen LogP contribution is 2.30. The molecule has 0 aliphatic rings.